The molecule has 1 aliphatic heterocycles. The Labute approximate surface area is 140 Å². The number of likely N-dealkylation sites (tertiary alicyclic amines) is 1. The van der Waals surface area contributed by atoms with Gasteiger partial charge >= 0.3 is 0 Å². The van der Waals surface area contributed by atoms with Crippen molar-refractivity contribution in [1.29, 1.82) is 0 Å². The summed E-state index contributed by atoms with van der Waals surface area (Å²) in [6, 6.07) is 15.6. The molecule has 0 unspecified atom stereocenters. The van der Waals surface area contributed by atoms with Gasteiger partial charge in [-0.2, -0.15) is 5.10 Å². The smallest absolute Gasteiger partial charge is 0.253 e. The topological polar surface area (TPSA) is 58.4 Å². The van der Waals surface area contributed by atoms with E-state index in [1.54, 1.807) is 0 Å². The number of carbonyl (C=O) groups excluding carboxylic acids is 1. The van der Waals surface area contributed by atoms with Gasteiger partial charge in [0.05, 0.1) is 23.5 Å². The fourth-order valence-corrected chi connectivity index (χ4v) is 3.17. The molecular weight excluding hydrogens is 302 g/mol. The Morgan fingerprint density at radius 1 is 1.04 bits per heavy atom. The van der Waals surface area contributed by atoms with Crippen molar-refractivity contribution in [3.05, 3.63) is 60.3 Å². The van der Waals surface area contributed by atoms with Crippen LogP contribution in [0.3, 0.4) is 0 Å². The first-order chi connectivity index (χ1) is 11.7. The predicted octanol–water partition coefficient (Wildman–Crippen LogP) is 2.62. The third-order valence-electron chi connectivity index (χ3n) is 4.59. The zero-order chi connectivity index (χ0) is 16.5. The molecule has 24 heavy (non-hydrogen) atoms. The summed E-state index contributed by atoms with van der Waals surface area (Å²) in [7, 11) is 0. The number of rotatable bonds is 2. The van der Waals surface area contributed by atoms with Gasteiger partial charge in [-0.1, -0.05) is 18.2 Å². The van der Waals surface area contributed by atoms with Gasteiger partial charge in [-0.05, 0) is 43.2 Å². The second-order valence-electron chi connectivity index (χ2n) is 6.19. The zero-order valence-electron chi connectivity index (χ0n) is 13.3. The minimum Gasteiger partial charge on any atom is -0.393 e. The summed E-state index contributed by atoms with van der Waals surface area (Å²) in [5, 5.41) is 15.1. The van der Waals surface area contributed by atoms with Crippen LogP contribution in [0.5, 0.6) is 0 Å². The van der Waals surface area contributed by atoms with Gasteiger partial charge < -0.3 is 10.0 Å². The molecule has 1 amide bonds. The van der Waals surface area contributed by atoms with Crippen molar-refractivity contribution in [3.8, 4) is 5.69 Å². The van der Waals surface area contributed by atoms with Gasteiger partial charge in [0.25, 0.3) is 5.91 Å². The van der Waals surface area contributed by atoms with E-state index in [4.69, 9.17) is 0 Å². The van der Waals surface area contributed by atoms with Crippen molar-refractivity contribution >= 4 is 16.8 Å². The van der Waals surface area contributed by atoms with Crippen LogP contribution in [0, 0.1) is 0 Å². The maximum Gasteiger partial charge on any atom is 0.253 e. The fourth-order valence-electron chi connectivity index (χ4n) is 3.17. The molecular formula is C19H19N3O2. The van der Waals surface area contributed by atoms with Crippen LogP contribution in [-0.4, -0.2) is 44.9 Å². The van der Waals surface area contributed by atoms with Gasteiger partial charge in [-0.25, -0.2) is 4.68 Å². The van der Waals surface area contributed by atoms with Crippen molar-refractivity contribution in [3.63, 3.8) is 0 Å². The number of hydrogen-bond acceptors (Lipinski definition) is 3. The summed E-state index contributed by atoms with van der Waals surface area (Å²) in [5.41, 5.74) is 2.65. The highest BCUT2D eigenvalue weighted by Gasteiger charge is 2.22. The van der Waals surface area contributed by atoms with Crippen molar-refractivity contribution in [2.45, 2.75) is 18.9 Å². The lowest BCUT2D eigenvalue weighted by Crippen LogP contribution is -2.40. The second kappa shape index (κ2) is 6.09. The minimum absolute atomic E-state index is 0.0266. The number of nitrogens with zero attached hydrogens (tertiary/aromatic N) is 3. The number of aromatic nitrogens is 2. The van der Waals surface area contributed by atoms with Crippen LogP contribution in [0.4, 0.5) is 0 Å². The molecule has 1 aromatic heterocycles. The van der Waals surface area contributed by atoms with Gasteiger partial charge in [-0.15, -0.1) is 0 Å². The first-order valence-electron chi connectivity index (χ1n) is 8.23. The second-order valence-corrected chi connectivity index (χ2v) is 6.19. The summed E-state index contributed by atoms with van der Waals surface area (Å²) >= 11 is 0. The van der Waals surface area contributed by atoms with E-state index in [2.05, 4.69) is 5.10 Å². The van der Waals surface area contributed by atoms with Crippen molar-refractivity contribution in [2.75, 3.05) is 13.1 Å². The molecule has 2 aromatic carbocycles. The summed E-state index contributed by atoms with van der Waals surface area (Å²) in [6.07, 6.45) is 2.88. The molecule has 0 aliphatic carbocycles. The highest BCUT2D eigenvalue weighted by atomic mass is 16.3. The lowest BCUT2D eigenvalue weighted by molar-refractivity contribution is 0.0546. The molecule has 0 spiro atoms. The van der Waals surface area contributed by atoms with Crippen molar-refractivity contribution in [1.82, 2.24) is 14.7 Å². The van der Waals surface area contributed by atoms with Gasteiger partial charge in [-0.3, -0.25) is 4.79 Å². The maximum atomic E-state index is 12.5. The average molecular weight is 321 g/mol. The van der Waals surface area contributed by atoms with Crippen LogP contribution in [0.15, 0.2) is 54.7 Å². The monoisotopic (exact) mass is 321 g/mol. The summed E-state index contributed by atoms with van der Waals surface area (Å²) in [6.45, 7) is 1.23. The maximum absolute atomic E-state index is 12.5. The van der Waals surface area contributed by atoms with E-state index in [0.29, 0.717) is 31.5 Å². The number of benzene rings is 2. The van der Waals surface area contributed by atoms with Crippen LogP contribution >= 0.6 is 0 Å². The number of amides is 1. The highest BCUT2D eigenvalue weighted by Crippen LogP contribution is 2.19. The van der Waals surface area contributed by atoms with E-state index in [9.17, 15) is 9.90 Å². The molecule has 1 N–H and O–H groups in total. The van der Waals surface area contributed by atoms with Crippen LogP contribution < -0.4 is 0 Å². The van der Waals surface area contributed by atoms with E-state index >= 15 is 0 Å². The van der Waals surface area contributed by atoms with Gasteiger partial charge in [0, 0.05) is 24.0 Å². The number of aliphatic hydroxyl groups is 1. The molecule has 1 aliphatic rings. The molecule has 1 saturated heterocycles. The molecule has 1 fully saturated rings. The third kappa shape index (κ3) is 2.67. The lowest BCUT2D eigenvalue weighted by atomic mass is 10.1. The van der Waals surface area contributed by atoms with Crippen molar-refractivity contribution in [2.24, 2.45) is 0 Å². The Morgan fingerprint density at radius 3 is 2.50 bits per heavy atom. The Morgan fingerprint density at radius 2 is 1.75 bits per heavy atom. The molecule has 122 valence electrons. The Kier molecular flexibility index (Phi) is 3.78. The molecule has 0 bridgehead atoms. The largest absolute Gasteiger partial charge is 0.393 e. The van der Waals surface area contributed by atoms with E-state index in [1.807, 2.05) is 64.3 Å². The summed E-state index contributed by atoms with van der Waals surface area (Å²) in [4.78, 5) is 14.3. The number of fused-ring (bicyclic) bond motifs is 1. The van der Waals surface area contributed by atoms with E-state index < -0.39 is 0 Å². The number of para-hydroxylation sites is 1. The Balaban J connectivity index is 1.57. The molecule has 0 saturated carbocycles. The number of piperidine rings is 1. The SMILES string of the molecule is O=C(c1ccc(-n2ncc3ccccc32)cc1)N1CCC(O)CC1. The van der Waals surface area contributed by atoms with Crippen molar-refractivity contribution < 1.29 is 9.90 Å². The molecule has 3 aromatic rings. The predicted molar refractivity (Wildman–Crippen MR) is 92.2 cm³/mol. The molecule has 2 heterocycles. The average Bonchev–Trinajstić information content (AvgIpc) is 3.06. The van der Waals surface area contributed by atoms with Gasteiger partial charge in [0.15, 0.2) is 0 Å². The zero-order valence-corrected chi connectivity index (χ0v) is 13.3. The molecule has 0 atom stereocenters. The molecule has 5 heteroatoms. The minimum atomic E-state index is -0.274. The van der Waals surface area contributed by atoms with Gasteiger partial charge in [0.2, 0.25) is 0 Å². The molecule has 5 nitrogen and oxygen atoms in total. The molecule has 4 rings (SSSR count). The third-order valence-corrected chi connectivity index (χ3v) is 4.59. The Hall–Kier alpha value is -2.66. The van der Waals surface area contributed by atoms with E-state index in [1.165, 1.54) is 0 Å². The van der Waals surface area contributed by atoms with Gasteiger partial charge in [0.1, 0.15) is 0 Å². The number of hydrogen-bond donors (Lipinski definition) is 1. The first kappa shape index (κ1) is 14.9. The van der Waals surface area contributed by atoms with Crippen LogP contribution in [0.2, 0.25) is 0 Å². The van der Waals surface area contributed by atoms with E-state index in [-0.39, 0.29) is 12.0 Å². The van der Waals surface area contributed by atoms with E-state index in [0.717, 1.165) is 16.6 Å². The summed E-state index contributed by atoms with van der Waals surface area (Å²) in [5.74, 6) is 0.0266. The summed E-state index contributed by atoms with van der Waals surface area (Å²) < 4.78 is 1.88. The standard InChI is InChI=1S/C19H19N3O2/c23-17-9-11-21(12-10-17)19(24)14-5-7-16(8-6-14)22-18-4-2-1-3-15(18)13-20-22/h1-8,13,17,23H,9-12H2. The molecule has 0 radical (unpaired) electrons. The quantitative estimate of drug-likeness (QED) is 0.789. The highest BCUT2D eigenvalue weighted by molar-refractivity contribution is 5.94. The fraction of sp³-hybridized carbons (Fsp3) is 0.263. The van der Waals surface area contributed by atoms with Crippen LogP contribution in [-0.2, 0) is 0 Å². The Bertz CT molecular complexity index is 862. The first-order valence-corrected chi connectivity index (χ1v) is 8.23. The van der Waals surface area contributed by atoms with Crippen LogP contribution in [0.25, 0.3) is 16.6 Å². The van der Waals surface area contributed by atoms with Crippen LogP contribution in [0.1, 0.15) is 23.2 Å². The normalized spacial score (nSPS) is 15.8. The lowest BCUT2D eigenvalue weighted by Gasteiger charge is -2.29. The number of carbonyl (C=O) groups is 1. The number of aliphatic hydroxyl groups excluding tert-OH is 1.